The number of fused-ring (bicyclic) bond motifs is 1. The molecule has 0 spiro atoms. The first-order valence-electron chi connectivity index (χ1n) is 5.90. The molecule has 0 saturated heterocycles. The van der Waals surface area contributed by atoms with Crippen molar-refractivity contribution in [3.05, 3.63) is 42.2 Å². The topological polar surface area (TPSA) is 85.4 Å². The summed E-state index contributed by atoms with van der Waals surface area (Å²) in [5, 5.41) is 1.43. The van der Waals surface area contributed by atoms with Crippen molar-refractivity contribution < 1.29 is 17.9 Å². The number of nitrogens with one attached hydrogen (secondary N) is 1. The summed E-state index contributed by atoms with van der Waals surface area (Å²) in [6, 6.07) is 6.73. The fourth-order valence-corrected chi connectivity index (χ4v) is 2.64. The van der Waals surface area contributed by atoms with Crippen LogP contribution in [0.25, 0.3) is 10.8 Å². The Hall–Kier alpha value is -1.99. The smallest absolute Gasteiger partial charge is 0.265 e. The van der Waals surface area contributed by atoms with Crippen molar-refractivity contribution in [3.8, 4) is 0 Å². The molecule has 20 heavy (non-hydrogen) atoms. The van der Waals surface area contributed by atoms with Gasteiger partial charge < -0.3 is 4.74 Å². The Kier molecular flexibility index (Phi) is 4.31. The summed E-state index contributed by atoms with van der Waals surface area (Å²) < 4.78 is 30.1. The lowest BCUT2D eigenvalue weighted by Gasteiger charge is -2.08. The lowest BCUT2D eigenvalue weighted by molar-refractivity contribution is 0.0983. The van der Waals surface area contributed by atoms with Crippen LogP contribution in [0.2, 0.25) is 0 Å². The minimum atomic E-state index is -3.70. The fourth-order valence-electron chi connectivity index (χ4n) is 1.76. The normalized spacial score (nSPS) is 11.4. The molecule has 0 radical (unpaired) electrons. The molecule has 6 nitrogen and oxygen atoms in total. The van der Waals surface area contributed by atoms with E-state index in [9.17, 15) is 13.2 Å². The van der Waals surface area contributed by atoms with E-state index < -0.39 is 15.9 Å². The number of pyridine rings is 1. The predicted molar refractivity (Wildman–Crippen MR) is 74.9 cm³/mol. The maximum atomic E-state index is 12.1. The summed E-state index contributed by atoms with van der Waals surface area (Å²) in [5.41, 5.74) is 0.297. The number of nitrogens with zero attached hydrogens (tertiary/aromatic N) is 1. The highest BCUT2D eigenvalue weighted by Crippen LogP contribution is 2.17. The van der Waals surface area contributed by atoms with E-state index in [1.807, 2.05) is 4.72 Å². The van der Waals surface area contributed by atoms with Crippen LogP contribution in [0.5, 0.6) is 0 Å². The average molecular weight is 294 g/mol. The van der Waals surface area contributed by atoms with Gasteiger partial charge in [-0.3, -0.25) is 9.78 Å². The monoisotopic (exact) mass is 294 g/mol. The number of aromatic nitrogens is 1. The number of amides is 1. The molecule has 0 bridgehead atoms. The Balaban J connectivity index is 2.28. The van der Waals surface area contributed by atoms with E-state index in [1.54, 1.807) is 36.7 Å². The molecular weight excluding hydrogens is 280 g/mol. The van der Waals surface area contributed by atoms with Crippen LogP contribution >= 0.6 is 0 Å². The molecule has 0 unspecified atom stereocenters. The minimum Gasteiger partial charge on any atom is -0.384 e. The van der Waals surface area contributed by atoms with Gasteiger partial charge in [-0.05, 0) is 17.5 Å². The molecule has 0 aliphatic rings. The van der Waals surface area contributed by atoms with Gasteiger partial charge >= 0.3 is 0 Å². The molecule has 1 aromatic heterocycles. The molecule has 7 heteroatoms. The molecule has 0 aliphatic heterocycles. The third-order valence-electron chi connectivity index (χ3n) is 2.73. The third-order valence-corrected chi connectivity index (χ3v) is 3.93. The van der Waals surface area contributed by atoms with Gasteiger partial charge in [0.2, 0.25) is 10.0 Å². The van der Waals surface area contributed by atoms with Gasteiger partial charge in [0.1, 0.15) is 0 Å². The number of hydrogen-bond donors (Lipinski definition) is 1. The van der Waals surface area contributed by atoms with Crippen molar-refractivity contribution in [2.24, 2.45) is 0 Å². The van der Waals surface area contributed by atoms with Gasteiger partial charge in [-0.25, -0.2) is 13.1 Å². The zero-order valence-electron chi connectivity index (χ0n) is 10.9. The van der Waals surface area contributed by atoms with Crippen LogP contribution in [0.15, 0.2) is 36.7 Å². The molecule has 1 heterocycles. The second-order valence-electron chi connectivity index (χ2n) is 4.15. The van der Waals surface area contributed by atoms with Crippen molar-refractivity contribution in [2.45, 2.75) is 0 Å². The summed E-state index contributed by atoms with van der Waals surface area (Å²) >= 11 is 0. The number of carbonyl (C=O) groups is 1. The molecule has 0 saturated carbocycles. The van der Waals surface area contributed by atoms with Crippen molar-refractivity contribution in [3.63, 3.8) is 0 Å². The first kappa shape index (κ1) is 14.4. The van der Waals surface area contributed by atoms with Crippen molar-refractivity contribution >= 4 is 26.7 Å². The van der Waals surface area contributed by atoms with Crippen LogP contribution in [-0.2, 0) is 14.8 Å². The molecule has 1 N–H and O–H groups in total. The zero-order valence-corrected chi connectivity index (χ0v) is 11.7. The average Bonchev–Trinajstić information content (AvgIpc) is 2.44. The Morgan fingerprint density at radius 3 is 2.90 bits per heavy atom. The van der Waals surface area contributed by atoms with Crippen molar-refractivity contribution in [1.29, 1.82) is 0 Å². The Morgan fingerprint density at radius 2 is 2.15 bits per heavy atom. The Bertz CT molecular complexity index is 723. The van der Waals surface area contributed by atoms with Gasteiger partial charge in [0.05, 0.1) is 12.4 Å². The van der Waals surface area contributed by atoms with E-state index in [0.29, 0.717) is 10.9 Å². The van der Waals surface area contributed by atoms with E-state index in [2.05, 4.69) is 4.98 Å². The number of benzene rings is 1. The van der Waals surface area contributed by atoms with Crippen LogP contribution in [-0.4, -0.2) is 38.8 Å². The number of hydrogen-bond acceptors (Lipinski definition) is 5. The first-order chi connectivity index (χ1) is 9.53. The maximum absolute atomic E-state index is 12.1. The van der Waals surface area contributed by atoms with Gasteiger partial charge in [-0.2, -0.15) is 0 Å². The summed E-state index contributed by atoms with van der Waals surface area (Å²) in [5.74, 6) is -0.917. The quantitative estimate of drug-likeness (QED) is 0.887. The highest BCUT2D eigenvalue weighted by molar-refractivity contribution is 7.90. The van der Waals surface area contributed by atoms with E-state index in [1.165, 1.54) is 7.11 Å². The van der Waals surface area contributed by atoms with Crippen molar-refractivity contribution in [1.82, 2.24) is 9.71 Å². The molecule has 1 aromatic carbocycles. The Morgan fingerprint density at radius 1 is 1.35 bits per heavy atom. The molecule has 2 rings (SSSR count). The molecule has 0 aliphatic carbocycles. The minimum absolute atomic E-state index is 0.0298. The molecule has 0 atom stereocenters. The summed E-state index contributed by atoms with van der Waals surface area (Å²) in [6.07, 6.45) is 3.17. The molecule has 106 valence electrons. The number of methoxy groups -OCH3 is 1. The van der Waals surface area contributed by atoms with Crippen LogP contribution in [0, 0.1) is 0 Å². The van der Waals surface area contributed by atoms with Gasteiger partial charge in [0, 0.05) is 30.5 Å². The van der Waals surface area contributed by atoms with Crippen molar-refractivity contribution in [2.75, 3.05) is 19.5 Å². The summed E-state index contributed by atoms with van der Waals surface area (Å²) in [7, 11) is -2.30. The van der Waals surface area contributed by atoms with Gasteiger partial charge in [0.25, 0.3) is 5.91 Å². The van der Waals surface area contributed by atoms with E-state index >= 15 is 0 Å². The second kappa shape index (κ2) is 5.98. The van der Waals surface area contributed by atoms with Gasteiger partial charge in [0.15, 0.2) is 0 Å². The van der Waals surface area contributed by atoms with E-state index in [-0.39, 0.29) is 12.4 Å². The largest absolute Gasteiger partial charge is 0.384 e. The van der Waals surface area contributed by atoms with Crippen LogP contribution in [0.1, 0.15) is 10.4 Å². The van der Waals surface area contributed by atoms with Gasteiger partial charge in [-0.15, -0.1) is 0 Å². The SMILES string of the molecule is COCCS(=O)(=O)NC(=O)c1cccc2cnccc12. The first-order valence-corrected chi connectivity index (χ1v) is 7.55. The lowest BCUT2D eigenvalue weighted by Crippen LogP contribution is -2.33. The standard InChI is InChI=1S/C13H14N2O4S/c1-19-7-8-20(17,18)15-13(16)12-4-2-3-10-9-14-6-5-11(10)12/h2-6,9H,7-8H2,1H3,(H,15,16). The summed E-state index contributed by atoms with van der Waals surface area (Å²) in [4.78, 5) is 16.0. The third kappa shape index (κ3) is 3.31. The van der Waals surface area contributed by atoms with Crippen LogP contribution < -0.4 is 4.72 Å². The number of ether oxygens (including phenoxy) is 1. The number of sulfonamides is 1. The molecule has 2 aromatic rings. The van der Waals surface area contributed by atoms with Crippen LogP contribution in [0.3, 0.4) is 0 Å². The number of carbonyl (C=O) groups excluding carboxylic acids is 1. The highest BCUT2D eigenvalue weighted by atomic mass is 32.2. The predicted octanol–water partition coefficient (Wildman–Crippen LogP) is 0.941. The van der Waals surface area contributed by atoms with E-state index in [4.69, 9.17) is 4.74 Å². The Labute approximate surface area is 116 Å². The second-order valence-corrected chi connectivity index (χ2v) is 5.99. The van der Waals surface area contributed by atoms with Gasteiger partial charge in [-0.1, -0.05) is 12.1 Å². The molecule has 0 fully saturated rings. The lowest BCUT2D eigenvalue weighted by atomic mass is 10.1. The zero-order chi connectivity index (χ0) is 14.6. The van der Waals surface area contributed by atoms with Crippen LogP contribution in [0.4, 0.5) is 0 Å². The number of rotatable bonds is 5. The molecular formula is C13H14N2O4S. The maximum Gasteiger partial charge on any atom is 0.265 e. The highest BCUT2D eigenvalue weighted by Gasteiger charge is 2.17. The summed E-state index contributed by atoms with van der Waals surface area (Å²) in [6.45, 7) is 0.0298. The van der Waals surface area contributed by atoms with E-state index in [0.717, 1.165) is 5.39 Å². The fraction of sp³-hybridized carbons (Fsp3) is 0.231. The molecule has 1 amide bonds.